The van der Waals surface area contributed by atoms with Crippen molar-refractivity contribution in [2.24, 2.45) is 5.73 Å². The number of nitrogens with zero attached hydrogens (tertiary/aromatic N) is 1. The number of hydrogen-bond donors (Lipinski definition) is 1. The van der Waals surface area contributed by atoms with Crippen molar-refractivity contribution >= 4 is 39.7 Å². The Morgan fingerprint density at radius 1 is 1.64 bits per heavy atom. The quantitative estimate of drug-likeness (QED) is 0.908. The van der Waals surface area contributed by atoms with Gasteiger partial charge in [-0.15, -0.1) is 23.7 Å². The van der Waals surface area contributed by atoms with Gasteiger partial charge in [0.1, 0.15) is 0 Å². The molecule has 0 amide bonds. The van der Waals surface area contributed by atoms with Gasteiger partial charge in [0, 0.05) is 25.7 Å². The zero-order chi connectivity index (χ0) is 9.26. The molecule has 1 aliphatic heterocycles. The van der Waals surface area contributed by atoms with Gasteiger partial charge in [-0.2, -0.15) is 0 Å². The fraction of sp³-hybridized carbons (Fsp3) is 0.556. The highest BCUT2D eigenvalue weighted by Crippen LogP contribution is 2.22. The zero-order valence-electron chi connectivity index (χ0n) is 7.78. The highest BCUT2D eigenvalue weighted by Gasteiger charge is 2.18. The number of nitrogens with two attached hydrogens (primary N) is 1. The van der Waals surface area contributed by atoms with Gasteiger partial charge < -0.3 is 5.73 Å². The summed E-state index contributed by atoms with van der Waals surface area (Å²) in [5.74, 6) is 0. The van der Waals surface area contributed by atoms with Crippen molar-refractivity contribution in [3.05, 3.63) is 20.8 Å². The molecule has 0 unspecified atom stereocenters. The monoisotopic (exact) mass is 296 g/mol. The molecule has 2 N–H and O–H groups in total. The Kier molecular flexibility index (Phi) is 4.87. The van der Waals surface area contributed by atoms with E-state index < -0.39 is 0 Å². The van der Waals surface area contributed by atoms with Crippen molar-refractivity contribution < 1.29 is 0 Å². The maximum Gasteiger partial charge on any atom is 0.0701 e. The molecular formula is C9H14BrClN2S. The molecule has 1 saturated heterocycles. The minimum atomic E-state index is 0. The van der Waals surface area contributed by atoms with Gasteiger partial charge in [0.05, 0.1) is 3.79 Å². The van der Waals surface area contributed by atoms with Crippen LogP contribution in [-0.2, 0) is 6.54 Å². The van der Waals surface area contributed by atoms with Crippen LogP contribution >= 0.6 is 39.7 Å². The molecule has 2 rings (SSSR count). The normalized spacial score (nSPS) is 22.3. The predicted octanol–water partition coefficient (Wildman–Crippen LogP) is 2.47. The van der Waals surface area contributed by atoms with E-state index in [9.17, 15) is 0 Å². The van der Waals surface area contributed by atoms with E-state index in [1.54, 1.807) is 11.3 Å². The maximum absolute atomic E-state index is 5.84. The topological polar surface area (TPSA) is 29.3 Å². The summed E-state index contributed by atoms with van der Waals surface area (Å²) in [6.07, 6.45) is 1.14. The van der Waals surface area contributed by atoms with Crippen molar-refractivity contribution in [2.45, 2.75) is 19.0 Å². The number of likely N-dealkylation sites (tertiary alicyclic amines) is 1. The second-order valence-electron chi connectivity index (χ2n) is 3.54. The van der Waals surface area contributed by atoms with E-state index in [-0.39, 0.29) is 12.4 Å². The lowest BCUT2D eigenvalue weighted by Crippen LogP contribution is -2.26. The Hall–Kier alpha value is 0.390. The average Bonchev–Trinajstić information content (AvgIpc) is 2.62. The van der Waals surface area contributed by atoms with Crippen LogP contribution in [0.15, 0.2) is 15.2 Å². The Morgan fingerprint density at radius 3 is 2.93 bits per heavy atom. The number of rotatable bonds is 2. The van der Waals surface area contributed by atoms with E-state index in [2.05, 4.69) is 32.3 Å². The summed E-state index contributed by atoms with van der Waals surface area (Å²) in [5.41, 5.74) is 7.23. The third-order valence-electron chi connectivity index (χ3n) is 2.34. The molecule has 14 heavy (non-hydrogen) atoms. The molecule has 5 heteroatoms. The second kappa shape index (κ2) is 5.47. The summed E-state index contributed by atoms with van der Waals surface area (Å²) >= 11 is 5.22. The van der Waals surface area contributed by atoms with Gasteiger partial charge in [-0.25, -0.2) is 0 Å². The number of hydrogen-bond acceptors (Lipinski definition) is 3. The van der Waals surface area contributed by atoms with Gasteiger partial charge in [0.25, 0.3) is 0 Å². The number of thiophene rings is 1. The first kappa shape index (κ1) is 12.5. The van der Waals surface area contributed by atoms with E-state index in [0.717, 1.165) is 26.1 Å². The molecule has 1 aromatic rings. The van der Waals surface area contributed by atoms with Crippen LogP contribution in [0.25, 0.3) is 0 Å². The van der Waals surface area contributed by atoms with Crippen molar-refractivity contribution in [2.75, 3.05) is 13.1 Å². The van der Waals surface area contributed by atoms with E-state index >= 15 is 0 Å². The lowest BCUT2D eigenvalue weighted by Gasteiger charge is -2.13. The molecule has 1 aromatic heterocycles. The van der Waals surface area contributed by atoms with Crippen molar-refractivity contribution in [3.8, 4) is 0 Å². The zero-order valence-corrected chi connectivity index (χ0v) is 11.0. The summed E-state index contributed by atoms with van der Waals surface area (Å²) in [7, 11) is 0. The minimum absolute atomic E-state index is 0. The summed E-state index contributed by atoms with van der Waals surface area (Å²) in [6.45, 7) is 3.25. The highest BCUT2D eigenvalue weighted by molar-refractivity contribution is 9.11. The summed E-state index contributed by atoms with van der Waals surface area (Å²) < 4.78 is 1.21. The van der Waals surface area contributed by atoms with E-state index in [0.29, 0.717) is 6.04 Å². The van der Waals surface area contributed by atoms with Gasteiger partial charge in [-0.05, 0) is 39.4 Å². The lowest BCUT2D eigenvalue weighted by atomic mass is 10.3. The molecule has 0 radical (unpaired) electrons. The maximum atomic E-state index is 5.84. The third kappa shape index (κ3) is 3.21. The van der Waals surface area contributed by atoms with Gasteiger partial charge in [-0.1, -0.05) is 0 Å². The summed E-state index contributed by atoms with van der Waals surface area (Å²) in [6, 6.07) is 2.58. The molecule has 0 aromatic carbocycles. The average molecular weight is 298 g/mol. The van der Waals surface area contributed by atoms with Gasteiger partial charge in [-0.3, -0.25) is 4.90 Å². The summed E-state index contributed by atoms with van der Waals surface area (Å²) in [5, 5.41) is 2.20. The molecule has 0 bridgehead atoms. The molecule has 80 valence electrons. The van der Waals surface area contributed by atoms with Gasteiger partial charge in [0.2, 0.25) is 0 Å². The number of halogens is 2. The highest BCUT2D eigenvalue weighted by atomic mass is 79.9. The molecular weight excluding hydrogens is 284 g/mol. The van der Waals surface area contributed by atoms with Crippen molar-refractivity contribution in [1.82, 2.24) is 4.90 Å². The fourth-order valence-corrected chi connectivity index (χ4v) is 2.89. The van der Waals surface area contributed by atoms with Crippen LogP contribution in [0.2, 0.25) is 0 Å². The minimum Gasteiger partial charge on any atom is -0.326 e. The van der Waals surface area contributed by atoms with E-state index in [1.165, 1.54) is 9.35 Å². The van der Waals surface area contributed by atoms with Crippen LogP contribution in [0.5, 0.6) is 0 Å². The SMILES string of the molecule is Cl.N[C@H]1CCN(Cc2csc(Br)c2)C1. The van der Waals surface area contributed by atoms with Crippen LogP contribution in [0.1, 0.15) is 12.0 Å². The molecule has 0 saturated carbocycles. The standard InChI is InChI=1S/C9H13BrN2S.ClH/c10-9-3-7(6-13-9)4-12-2-1-8(11)5-12;/h3,6,8H,1-2,4-5,11H2;1H/t8-;/m0./s1. The molecule has 1 aliphatic rings. The van der Waals surface area contributed by atoms with Crippen LogP contribution in [-0.4, -0.2) is 24.0 Å². The lowest BCUT2D eigenvalue weighted by molar-refractivity contribution is 0.327. The molecule has 1 atom stereocenters. The van der Waals surface area contributed by atoms with Crippen LogP contribution in [0.4, 0.5) is 0 Å². The predicted molar refractivity (Wildman–Crippen MR) is 67.1 cm³/mol. The van der Waals surface area contributed by atoms with E-state index in [4.69, 9.17) is 5.73 Å². The van der Waals surface area contributed by atoms with Gasteiger partial charge >= 0.3 is 0 Å². The Balaban J connectivity index is 0.000000980. The molecule has 2 nitrogen and oxygen atoms in total. The Labute approximate surface area is 103 Å². The largest absolute Gasteiger partial charge is 0.326 e. The fourth-order valence-electron chi connectivity index (χ4n) is 1.69. The smallest absolute Gasteiger partial charge is 0.0701 e. The van der Waals surface area contributed by atoms with E-state index in [1.807, 2.05) is 0 Å². The Bertz CT molecular complexity index is 292. The first-order chi connectivity index (χ1) is 6.24. The van der Waals surface area contributed by atoms with Crippen LogP contribution in [0, 0.1) is 0 Å². The third-order valence-corrected chi connectivity index (χ3v) is 3.89. The molecule has 0 aliphatic carbocycles. The molecule has 2 heterocycles. The van der Waals surface area contributed by atoms with Crippen molar-refractivity contribution in [1.29, 1.82) is 0 Å². The summed E-state index contributed by atoms with van der Waals surface area (Å²) in [4.78, 5) is 2.42. The first-order valence-electron chi connectivity index (χ1n) is 4.45. The van der Waals surface area contributed by atoms with Gasteiger partial charge in [0.15, 0.2) is 0 Å². The molecule has 0 spiro atoms. The first-order valence-corrected chi connectivity index (χ1v) is 6.12. The molecule has 1 fully saturated rings. The van der Waals surface area contributed by atoms with Crippen LogP contribution < -0.4 is 5.73 Å². The Morgan fingerprint density at radius 2 is 2.43 bits per heavy atom. The van der Waals surface area contributed by atoms with Crippen LogP contribution in [0.3, 0.4) is 0 Å². The van der Waals surface area contributed by atoms with Crippen molar-refractivity contribution in [3.63, 3.8) is 0 Å². The second-order valence-corrected chi connectivity index (χ2v) is 5.83.